The molecule has 0 aliphatic rings. The molecular weight excluding hydrogens is 352 g/mol. The summed E-state index contributed by atoms with van der Waals surface area (Å²) < 4.78 is 10.5. The normalized spacial score (nSPS) is 10.5. The lowest BCUT2D eigenvalue weighted by Gasteiger charge is -2.07. The highest BCUT2D eigenvalue weighted by molar-refractivity contribution is 5.95. The van der Waals surface area contributed by atoms with Gasteiger partial charge in [0.15, 0.2) is 0 Å². The first-order valence-corrected chi connectivity index (χ1v) is 10.7. The van der Waals surface area contributed by atoms with Crippen LogP contribution in [0, 0.1) is 0 Å². The molecular formula is C24H36O4. The molecule has 0 fully saturated rings. The molecule has 0 aliphatic carbocycles. The van der Waals surface area contributed by atoms with Crippen molar-refractivity contribution in [3.05, 3.63) is 48.0 Å². The molecule has 0 aliphatic heterocycles. The lowest BCUT2D eigenvalue weighted by Crippen LogP contribution is -2.10. The summed E-state index contributed by atoms with van der Waals surface area (Å²) in [6.45, 7) is 6.63. The first-order chi connectivity index (χ1) is 13.7. The van der Waals surface area contributed by atoms with Crippen molar-refractivity contribution in [3.8, 4) is 0 Å². The van der Waals surface area contributed by atoms with Crippen LogP contribution in [0.25, 0.3) is 0 Å². The third kappa shape index (κ3) is 10.9. The van der Waals surface area contributed by atoms with E-state index in [1.807, 2.05) is 0 Å². The van der Waals surface area contributed by atoms with Crippen LogP contribution in [0.3, 0.4) is 0 Å². The van der Waals surface area contributed by atoms with Crippen LogP contribution in [0.15, 0.2) is 36.9 Å². The topological polar surface area (TPSA) is 52.6 Å². The van der Waals surface area contributed by atoms with Crippen LogP contribution in [0.1, 0.15) is 98.3 Å². The van der Waals surface area contributed by atoms with Gasteiger partial charge in [0, 0.05) is 0 Å². The van der Waals surface area contributed by atoms with Gasteiger partial charge in [-0.25, -0.2) is 9.59 Å². The largest absolute Gasteiger partial charge is 0.462 e. The number of carbonyl (C=O) groups excluding carboxylic acids is 2. The minimum atomic E-state index is -0.419. The Bertz CT molecular complexity index is 580. The highest BCUT2D eigenvalue weighted by atomic mass is 16.5. The van der Waals surface area contributed by atoms with Crippen LogP contribution in [0.5, 0.6) is 0 Å². The number of allylic oxidation sites excluding steroid dienone is 1. The van der Waals surface area contributed by atoms with Gasteiger partial charge in [-0.05, 0) is 37.5 Å². The molecule has 1 aromatic carbocycles. The van der Waals surface area contributed by atoms with Gasteiger partial charge in [-0.2, -0.15) is 0 Å². The summed E-state index contributed by atoms with van der Waals surface area (Å²) in [4.78, 5) is 24.2. The van der Waals surface area contributed by atoms with Gasteiger partial charge in [0.05, 0.1) is 24.3 Å². The number of rotatable bonds is 16. The fourth-order valence-corrected chi connectivity index (χ4v) is 2.91. The Morgan fingerprint density at radius 1 is 0.821 bits per heavy atom. The quantitative estimate of drug-likeness (QED) is 0.184. The highest BCUT2D eigenvalue weighted by Crippen LogP contribution is 2.11. The first-order valence-electron chi connectivity index (χ1n) is 10.7. The van der Waals surface area contributed by atoms with Crippen molar-refractivity contribution >= 4 is 11.9 Å². The van der Waals surface area contributed by atoms with E-state index in [1.54, 1.807) is 24.3 Å². The molecule has 1 rings (SSSR count). The maximum Gasteiger partial charge on any atom is 0.338 e. The van der Waals surface area contributed by atoms with E-state index in [2.05, 4.69) is 13.5 Å². The summed E-state index contributed by atoms with van der Waals surface area (Å²) in [7, 11) is 0. The van der Waals surface area contributed by atoms with E-state index in [1.165, 1.54) is 51.0 Å². The van der Waals surface area contributed by atoms with Crippen molar-refractivity contribution in [2.24, 2.45) is 0 Å². The maximum atomic E-state index is 12.2. The minimum Gasteiger partial charge on any atom is -0.462 e. The standard InChI is InChI=1S/C24H36O4/c1-3-5-7-8-9-10-11-12-14-19-28-24(26)22-17-15-16-21(20-22)23(25)27-18-13-6-4-2/h4,15-17,20H,2-3,5-14,18-19H2,1H3. The Kier molecular flexibility index (Phi) is 13.6. The van der Waals surface area contributed by atoms with E-state index in [4.69, 9.17) is 9.47 Å². The Hall–Kier alpha value is -2.10. The van der Waals surface area contributed by atoms with Gasteiger partial charge in [-0.1, -0.05) is 70.4 Å². The summed E-state index contributed by atoms with van der Waals surface area (Å²) in [6.07, 6.45) is 14.3. The van der Waals surface area contributed by atoms with Crippen molar-refractivity contribution in [1.82, 2.24) is 0 Å². The average Bonchev–Trinajstić information content (AvgIpc) is 2.72. The zero-order valence-corrected chi connectivity index (χ0v) is 17.4. The van der Waals surface area contributed by atoms with Crippen molar-refractivity contribution in [2.45, 2.75) is 77.6 Å². The number of esters is 2. The molecule has 0 unspecified atom stereocenters. The Balaban J connectivity index is 2.22. The minimum absolute atomic E-state index is 0.345. The molecule has 0 atom stereocenters. The van der Waals surface area contributed by atoms with Crippen molar-refractivity contribution < 1.29 is 19.1 Å². The zero-order chi connectivity index (χ0) is 20.5. The fraction of sp³-hybridized carbons (Fsp3) is 0.583. The van der Waals surface area contributed by atoms with Gasteiger partial charge in [-0.15, -0.1) is 6.58 Å². The van der Waals surface area contributed by atoms with E-state index < -0.39 is 5.97 Å². The van der Waals surface area contributed by atoms with E-state index in [9.17, 15) is 9.59 Å². The van der Waals surface area contributed by atoms with Crippen LogP contribution in [0.2, 0.25) is 0 Å². The molecule has 156 valence electrons. The molecule has 0 aromatic heterocycles. The van der Waals surface area contributed by atoms with Crippen LogP contribution >= 0.6 is 0 Å². The van der Waals surface area contributed by atoms with E-state index >= 15 is 0 Å². The molecule has 1 aromatic rings. The predicted molar refractivity (Wildman–Crippen MR) is 114 cm³/mol. The summed E-state index contributed by atoms with van der Waals surface area (Å²) in [5, 5.41) is 0. The van der Waals surface area contributed by atoms with Crippen molar-refractivity contribution in [2.75, 3.05) is 13.2 Å². The third-order valence-corrected chi connectivity index (χ3v) is 4.60. The molecule has 4 heteroatoms. The molecule has 28 heavy (non-hydrogen) atoms. The SMILES string of the molecule is C=CCCCOC(=O)c1cccc(C(=O)OCCCCCCCCCCC)c1. The van der Waals surface area contributed by atoms with Crippen molar-refractivity contribution in [3.63, 3.8) is 0 Å². The second kappa shape index (κ2) is 15.9. The molecule has 0 spiro atoms. The summed E-state index contributed by atoms with van der Waals surface area (Å²) in [5.74, 6) is -0.807. The number of ether oxygens (including phenoxy) is 2. The van der Waals surface area contributed by atoms with E-state index in [0.717, 1.165) is 25.7 Å². The van der Waals surface area contributed by atoms with Crippen LogP contribution in [-0.4, -0.2) is 25.2 Å². The molecule has 0 heterocycles. The summed E-state index contributed by atoms with van der Waals surface area (Å²) in [6, 6.07) is 6.52. The Labute approximate surface area is 170 Å². The molecule has 4 nitrogen and oxygen atoms in total. The molecule has 0 bridgehead atoms. The molecule has 0 amide bonds. The van der Waals surface area contributed by atoms with Gasteiger partial charge in [-0.3, -0.25) is 0 Å². The number of carbonyl (C=O) groups is 2. The Morgan fingerprint density at radius 2 is 1.32 bits per heavy atom. The third-order valence-electron chi connectivity index (χ3n) is 4.60. The van der Waals surface area contributed by atoms with Crippen LogP contribution in [0.4, 0.5) is 0 Å². The van der Waals surface area contributed by atoms with E-state index in [-0.39, 0.29) is 5.97 Å². The van der Waals surface area contributed by atoms with Crippen molar-refractivity contribution in [1.29, 1.82) is 0 Å². The second-order valence-electron chi connectivity index (χ2n) is 7.11. The summed E-state index contributed by atoms with van der Waals surface area (Å²) in [5.41, 5.74) is 0.757. The first kappa shape index (κ1) is 23.9. The highest BCUT2D eigenvalue weighted by Gasteiger charge is 2.12. The van der Waals surface area contributed by atoms with Gasteiger partial charge < -0.3 is 9.47 Å². The van der Waals surface area contributed by atoms with Gasteiger partial charge in [0.25, 0.3) is 0 Å². The maximum absolute atomic E-state index is 12.2. The molecule has 0 N–H and O–H groups in total. The number of hydrogen-bond acceptors (Lipinski definition) is 4. The monoisotopic (exact) mass is 388 g/mol. The number of hydrogen-bond donors (Lipinski definition) is 0. The van der Waals surface area contributed by atoms with Gasteiger partial charge >= 0.3 is 11.9 Å². The second-order valence-corrected chi connectivity index (χ2v) is 7.11. The molecule has 0 saturated carbocycles. The summed E-state index contributed by atoms with van der Waals surface area (Å²) >= 11 is 0. The lowest BCUT2D eigenvalue weighted by atomic mass is 10.1. The fourth-order valence-electron chi connectivity index (χ4n) is 2.91. The van der Waals surface area contributed by atoms with Crippen LogP contribution < -0.4 is 0 Å². The zero-order valence-electron chi connectivity index (χ0n) is 17.4. The van der Waals surface area contributed by atoms with Gasteiger partial charge in [0.1, 0.15) is 0 Å². The number of benzene rings is 1. The van der Waals surface area contributed by atoms with Gasteiger partial charge in [0.2, 0.25) is 0 Å². The average molecular weight is 389 g/mol. The number of unbranched alkanes of at least 4 members (excludes halogenated alkanes) is 9. The molecule has 0 radical (unpaired) electrons. The lowest BCUT2D eigenvalue weighted by molar-refractivity contribution is 0.0497. The molecule has 0 saturated heterocycles. The van der Waals surface area contributed by atoms with E-state index in [0.29, 0.717) is 24.3 Å². The Morgan fingerprint density at radius 3 is 1.86 bits per heavy atom. The van der Waals surface area contributed by atoms with Crippen LogP contribution in [-0.2, 0) is 9.47 Å². The predicted octanol–water partition coefficient (Wildman–Crippen LogP) is 6.50. The smallest absolute Gasteiger partial charge is 0.338 e.